The van der Waals surface area contributed by atoms with Crippen LogP contribution in [0.1, 0.15) is 43.6 Å². The molecular weight excluding hydrogens is 228 g/mol. The molecule has 0 radical (unpaired) electrons. The average Bonchev–Trinajstić information content (AvgIpc) is 2.26. The van der Waals surface area contributed by atoms with Crippen molar-refractivity contribution in [2.75, 3.05) is 0 Å². The van der Waals surface area contributed by atoms with Gasteiger partial charge in [-0.15, -0.1) is 0 Å². The number of hydrogen-bond donors (Lipinski definition) is 0. The third-order valence-electron chi connectivity index (χ3n) is 2.45. The number of hydrogen-bond acceptors (Lipinski definition) is 3. The number of Topliss-reactive ketones (excluding diaryl/α,β-unsaturated/α-hetero) is 1. The molecule has 0 aliphatic rings. The Morgan fingerprint density at radius 2 is 1.83 bits per heavy atom. The van der Waals surface area contributed by atoms with E-state index in [-0.39, 0.29) is 11.8 Å². The average molecular weight is 246 g/mol. The third-order valence-corrected chi connectivity index (χ3v) is 2.45. The standard InChI is InChI=1S/C15H18O3/c1-10(2)5-6-14-9-13(11(3)16)7-8-15(14)18-12(4)17/h5,7-9H,6H2,1-4H3. The van der Waals surface area contributed by atoms with Crippen LogP contribution in [0.5, 0.6) is 5.75 Å². The Morgan fingerprint density at radius 1 is 1.17 bits per heavy atom. The summed E-state index contributed by atoms with van der Waals surface area (Å²) in [5, 5.41) is 0. The van der Waals surface area contributed by atoms with E-state index in [1.165, 1.54) is 19.4 Å². The van der Waals surface area contributed by atoms with Crippen LogP contribution in [0.15, 0.2) is 29.8 Å². The Labute approximate surface area is 107 Å². The molecule has 0 N–H and O–H groups in total. The summed E-state index contributed by atoms with van der Waals surface area (Å²) in [4.78, 5) is 22.4. The maximum atomic E-state index is 11.3. The summed E-state index contributed by atoms with van der Waals surface area (Å²) in [5.41, 5.74) is 2.65. The van der Waals surface area contributed by atoms with Gasteiger partial charge in [-0.05, 0) is 51.0 Å². The van der Waals surface area contributed by atoms with E-state index in [0.717, 1.165) is 5.56 Å². The maximum absolute atomic E-state index is 11.3. The first kappa shape index (κ1) is 14.2. The highest BCUT2D eigenvalue weighted by Gasteiger charge is 2.08. The first-order valence-corrected chi connectivity index (χ1v) is 5.86. The molecular formula is C15H18O3. The van der Waals surface area contributed by atoms with Gasteiger partial charge in [0.2, 0.25) is 0 Å². The van der Waals surface area contributed by atoms with Gasteiger partial charge < -0.3 is 4.74 Å². The largest absolute Gasteiger partial charge is 0.426 e. The Morgan fingerprint density at radius 3 is 2.33 bits per heavy atom. The van der Waals surface area contributed by atoms with Gasteiger partial charge in [0.25, 0.3) is 0 Å². The minimum Gasteiger partial charge on any atom is -0.426 e. The molecule has 0 amide bonds. The number of benzene rings is 1. The molecule has 0 fully saturated rings. The van der Waals surface area contributed by atoms with E-state index in [4.69, 9.17) is 4.74 Å². The fourth-order valence-corrected chi connectivity index (χ4v) is 1.53. The predicted octanol–water partition coefficient (Wildman–Crippen LogP) is 3.32. The van der Waals surface area contributed by atoms with Gasteiger partial charge in [0.1, 0.15) is 5.75 Å². The lowest BCUT2D eigenvalue weighted by Gasteiger charge is -2.09. The van der Waals surface area contributed by atoms with E-state index in [2.05, 4.69) is 0 Å². The Kier molecular flexibility index (Phi) is 4.84. The lowest BCUT2D eigenvalue weighted by atomic mass is 10.0. The lowest BCUT2D eigenvalue weighted by Crippen LogP contribution is -2.05. The molecule has 18 heavy (non-hydrogen) atoms. The van der Waals surface area contributed by atoms with Crippen molar-refractivity contribution in [2.24, 2.45) is 0 Å². The van der Waals surface area contributed by atoms with E-state index in [1.807, 2.05) is 19.9 Å². The molecule has 1 rings (SSSR count). The normalized spacial score (nSPS) is 9.78. The van der Waals surface area contributed by atoms with E-state index >= 15 is 0 Å². The van der Waals surface area contributed by atoms with Crippen LogP contribution in [0.25, 0.3) is 0 Å². The van der Waals surface area contributed by atoms with Crippen LogP contribution in [0, 0.1) is 0 Å². The quantitative estimate of drug-likeness (QED) is 0.354. The van der Waals surface area contributed by atoms with Crippen LogP contribution >= 0.6 is 0 Å². The number of ketones is 1. The zero-order chi connectivity index (χ0) is 13.7. The first-order chi connectivity index (χ1) is 8.40. The smallest absolute Gasteiger partial charge is 0.308 e. The van der Waals surface area contributed by atoms with Crippen molar-refractivity contribution in [3.8, 4) is 5.75 Å². The summed E-state index contributed by atoms with van der Waals surface area (Å²) in [6.45, 7) is 6.88. The van der Waals surface area contributed by atoms with Gasteiger partial charge in [-0.2, -0.15) is 0 Å². The molecule has 1 aromatic rings. The lowest BCUT2D eigenvalue weighted by molar-refractivity contribution is -0.131. The van der Waals surface area contributed by atoms with Crippen LogP contribution in [0.2, 0.25) is 0 Å². The van der Waals surface area contributed by atoms with Gasteiger partial charge in [0.05, 0.1) is 0 Å². The molecule has 0 unspecified atom stereocenters. The molecule has 0 aromatic heterocycles. The minimum atomic E-state index is -0.357. The minimum absolute atomic E-state index is 0.00262. The van der Waals surface area contributed by atoms with Crippen molar-refractivity contribution in [2.45, 2.75) is 34.1 Å². The zero-order valence-corrected chi connectivity index (χ0v) is 11.2. The number of rotatable bonds is 4. The number of carbonyl (C=O) groups excluding carboxylic acids is 2. The third kappa shape index (κ3) is 4.17. The van der Waals surface area contributed by atoms with Gasteiger partial charge in [-0.3, -0.25) is 9.59 Å². The maximum Gasteiger partial charge on any atom is 0.308 e. The number of allylic oxidation sites excluding steroid dienone is 2. The van der Waals surface area contributed by atoms with Gasteiger partial charge in [-0.25, -0.2) is 0 Å². The monoisotopic (exact) mass is 246 g/mol. The van der Waals surface area contributed by atoms with Crippen LogP contribution in [-0.2, 0) is 11.2 Å². The van der Waals surface area contributed by atoms with Crippen molar-refractivity contribution in [3.63, 3.8) is 0 Å². The second-order valence-electron chi connectivity index (χ2n) is 4.46. The first-order valence-electron chi connectivity index (χ1n) is 5.86. The molecule has 3 heteroatoms. The van der Waals surface area contributed by atoms with Crippen LogP contribution in [0.4, 0.5) is 0 Å². The number of carbonyl (C=O) groups is 2. The van der Waals surface area contributed by atoms with Gasteiger partial charge in [-0.1, -0.05) is 11.6 Å². The molecule has 0 aliphatic carbocycles. The Balaban J connectivity index is 3.13. The second-order valence-corrected chi connectivity index (χ2v) is 4.46. The highest BCUT2D eigenvalue weighted by atomic mass is 16.5. The molecule has 1 aromatic carbocycles. The second kappa shape index (κ2) is 6.15. The summed E-state index contributed by atoms with van der Waals surface area (Å²) in [6, 6.07) is 5.12. The van der Waals surface area contributed by atoms with Crippen molar-refractivity contribution in [1.29, 1.82) is 0 Å². The van der Waals surface area contributed by atoms with Gasteiger partial charge >= 0.3 is 5.97 Å². The van der Waals surface area contributed by atoms with Crippen molar-refractivity contribution in [3.05, 3.63) is 41.0 Å². The summed E-state index contributed by atoms with van der Waals surface area (Å²) in [5.74, 6) is 0.164. The molecule has 0 atom stereocenters. The Hall–Kier alpha value is -1.90. The predicted molar refractivity (Wildman–Crippen MR) is 70.9 cm³/mol. The molecule has 0 saturated heterocycles. The topological polar surface area (TPSA) is 43.4 Å². The molecule has 0 heterocycles. The summed E-state index contributed by atoms with van der Waals surface area (Å²) >= 11 is 0. The molecule has 0 bridgehead atoms. The summed E-state index contributed by atoms with van der Waals surface area (Å²) in [7, 11) is 0. The summed E-state index contributed by atoms with van der Waals surface area (Å²) in [6.07, 6.45) is 2.68. The Bertz CT molecular complexity index is 494. The highest BCUT2D eigenvalue weighted by Crippen LogP contribution is 2.22. The van der Waals surface area contributed by atoms with E-state index < -0.39 is 0 Å². The van der Waals surface area contributed by atoms with Crippen LogP contribution in [-0.4, -0.2) is 11.8 Å². The van der Waals surface area contributed by atoms with E-state index in [9.17, 15) is 9.59 Å². The number of ether oxygens (including phenoxy) is 1. The molecule has 0 saturated carbocycles. The van der Waals surface area contributed by atoms with Crippen LogP contribution < -0.4 is 4.74 Å². The van der Waals surface area contributed by atoms with Gasteiger partial charge in [0, 0.05) is 12.5 Å². The molecule has 0 aliphatic heterocycles. The number of esters is 1. The van der Waals surface area contributed by atoms with Crippen molar-refractivity contribution >= 4 is 11.8 Å². The molecule has 96 valence electrons. The van der Waals surface area contributed by atoms with E-state index in [1.54, 1.807) is 18.2 Å². The van der Waals surface area contributed by atoms with Crippen molar-refractivity contribution < 1.29 is 14.3 Å². The highest BCUT2D eigenvalue weighted by molar-refractivity contribution is 5.94. The zero-order valence-electron chi connectivity index (χ0n) is 11.2. The SMILES string of the molecule is CC(=O)Oc1ccc(C(C)=O)cc1CC=C(C)C. The van der Waals surface area contributed by atoms with Gasteiger partial charge in [0.15, 0.2) is 5.78 Å². The molecule has 3 nitrogen and oxygen atoms in total. The summed E-state index contributed by atoms with van der Waals surface area (Å²) < 4.78 is 5.13. The fraction of sp³-hybridized carbons (Fsp3) is 0.333. The molecule has 0 spiro atoms. The van der Waals surface area contributed by atoms with Crippen molar-refractivity contribution in [1.82, 2.24) is 0 Å². The van der Waals surface area contributed by atoms with Crippen LogP contribution in [0.3, 0.4) is 0 Å². The van der Waals surface area contributed by atoms with E-state index in [0.29, 0.717) is 17.7 Å². The fourth-order valence-electron chi connectivity index (χ4n) is 1.53.